The number of hydrogen-bond acceptors (Lipinski definition) is 2. The van der Waals surface area contributed by atoms with E-state index in [1.165, 1.54) is 6.08 Å². The van der Waals surface area contributed by atoms with Crippen molar-refractivity contribution >= 4 is 16.1 Å². The summed E-state index contributed by atoms with van der Waals surface area (Å²) in [5.41, 5.74) is 0.849. The average molecular weight is 223 g/mol. The van der Waals surface area contributed by atoms with Crippen LogP contribution in [0, 0.1) is 0 Å². The van der Waals surface area contributed by atoms with Crippen LogP contribution in [-0.4, -0.2) is 15.0 Å². The topological polar surface area (TPSA) is 46.2 Å². The maximum Gasteiger partial charge on any atom is 0.234 e. The molecule has 0 aliphatic carbocycles. The summed E-state index contributed by atoms with van der Waals surface area (Å²) in [7, 11) is -3.34. The van der Waals surface area contributed by atoms with Crippen LogP contribution in [0.3, 0.4) is 0 Å². The predicted octanol–water partition coefficient (Wildman–Crippen LogP) is 1.76. The molecule has 0 bridgehead atoms. The molecule has 15 heavy (non-hydrogen) atoms. The molecule has 1 rings (SSSR count). The van der Waals surface area contributed by atoms with Gasteiger partial charge in [0.2, 0.25) is 10.0 Å². The number of hydrogen-bond donors (Lipinski definition) is 1. The van der Waals surface area contributed by atoms with Gasteiger partial charge in [-0.15, -0.1) is 6.58 Å². The molecule has 1 N–H and O–H groups in total. The Morgan fingerprint density at radius 1 is 1.27 bits per heavy atom. The maximum absolute atomic E-state index is 11.3. The van der Waals surface area contributed by atoms with E-state index in [0.29, 0.717) is 0 Å². The lowest BCUT2D eigenvalue weighted by Gasteiger charge is -1.97. The van der Waals surface area contributed by atoms with Crippen molar-refractivity contribution in [3.05, 3.63) is 54.0 Å². The first-order valence-corrected chi connectivity index (χ1v) is 6.02. The standard InChI is InChI=1S/C11H13NO2S/c1-2-9-12-15(13,14)10-8-11-6-4-3-5-7-11/h2-8,10,12H,1,9H2. The molecule has 0 unspecified atom stereocenters. The van der Waals surface area contributed by atoms with Gasteiger partial charge in [-0.05, 0) is 11.6 Å². The van der Waals surface area contributed by atoms with Crippen molar-refractivity contribution < 1.29 is 8.42 Å². The lowest BCUT2D eigenvalue weighted by Crippen LogP contribution is -2.20. The number of rotatable bonds is 5. The van der Waals surface area contributed by atoms with E-state index >= 15 is 0 Å². The summed E-state index contributed by atoms with van der Waals surface area (Å²) >= 11 is 0. The van der Waals surface area contributed by atoms with Crippen molar-refractivity contribution in [2.75, 3.05) is 6.54 Å². The summed E-state index contributed by atoms with van der Waals surface area (Å²) in [4.78, 5) is 0. The molecule has 0 radical (unpaired) electrons. The van der Waals surface area contributed by atoms with Gasteiger partial charge in [0.05, 0.1) is 0 Å². The maximum atomic E-state index is 11.3. The minimum absolute atomic E-state index is 0.238. The molecule has 0 aliphatic heterocycles. The molecular weight excluding hydrogens is 210 g/mol. The summed E-state index contributed by atoms with van der Waals surface area (Å²) in [6.07, 6.45) is 3.04. The summed E-state index contributed by atoms with van der Waals surface area (Å²) < 4.78 is 25.0. The van der Waals surface area contributed by atoms with E-state index in [4.69, 9.17) is 0 Å². The van der Waals surface area contributed by atoms with Crippen molar-refractivity contribution in [1.82, 2.24) is 4.72 Å². The Hall–Kier alpha value is -1.39. The van der Waals surface area contributed by atoms with Gasteiger partial charge in [-0.25, -0.2) is 13.1 Å². The monoisotopic (exact) mass is 223 g/mol. The molecule has 0 saturated carbocycles. The number of benzene rings is 1. The molecule has 80 valence electrons. The average Bonchev–Trinajstić information content (AvgIpc) is 2.25. The highest BCUT2D eigenvalue weighted by atomic mass is 32.2. The zero-order valence-corrected chi connectivity index (χ0v) is 9.07. The molecule has 0 saturated heterocycles. The molecule has 1 aromatic carbocycles. The Labute approximate surface area is 90.2 Å². The highest BCUT2D eigenvalue weighted by Crippen LogP contribution is 2.02. The Bertz CT molecular complexity index is 435. The Balaban J connectivity index is 2.69. The smallest absolute Gasteiger partial charge is 0.208 e. The molecule has 1 aromatic rings. The van der Waals surface area contributed by atoms with Crippen molar-refractivity contribution in [3.8, 4) is 0 Å². The van der Waals surface area contributed by atoms with E-state index in [0.717, 1.165) is 11.0 Å². The summed E-state index contributed by atoms with van der Waals surface area (Å²) in [6, 6.07) is 9.24. The van der Waals surface area contributed by atoms with Gasteiger partial charge >= 0.3 is 0 Å². The van der Waals surface area contributed by atoms with E-state index in [2.05, 4.69) is 11.3 Å². The largest absolute Gasteiger partial charge is 0.234 e. The molecule has 4 heteroatoms. The Kier molecular flexibility index (Phi) is 4.27. The van der Waals surface area contributed by atoms with Gasteiger partial charge in [0.25, 0.3) is 0 Å². The zero-order chi connectivity index (χ0) is 11.1. The minimum Gasteiger partial charge on any atom is -0.208 e. The molecule has 0 atom stereocenters. The van der Waals surface area contributed by atoms with Gasteiger partial charge in [0.1, 0.15) is 0 Å². The van der Waals surface area contributed by atoms with Crippen LogP contribution < -0.4 is 4.72 Å². The highest BCUT2D eigenvalue weighted by Gasteiger charge is 2.01. The van der Waals surface area contributed by atoms with Gasteiger partial charge in [-0.3, -0.25) is 0 Å². The quantitative estimate of drug-likeness (QED) is 0.773. The predicted molar refractivity (Wildman–Crippen MR) is 62.6 cm³/mol. The SMILES string of the molecule is C=CCNS(=O)(=O)C=Cc1ccccc1. The van der Waals surface area contributed by atoms with Gasteiger partial charge in [0.15, 0.2) is 0 Å². The van der Waals surface area contributed by atoms with Gasteiger partial charge < -0.3 is 0 Å². The molecular formula is C11H13NO2S. The van der Waals surface area contributed by atoms with Gasteiger partial charge in [0, 0.05) is 12.0 Å². The van der Waals surface area contributed by atoms with Crippen LogP contribution >= 0.6 is 0 Å². The third-order valence-corrected chi connectivity index (χ3v) is 2.73. The molecule has 0 fully saturated rings. The highest BCUT2D eigenvalue weighted by molar-refractivity contribution is 7.92. The summed E-state index contributed by atoms with van der Waals surface area (Å²) in [6.45, 7) is 3.67. The van der Waals surface area contributed by atoms with Crippen molar-refractivity contribution in [1.29, 1.82) is 0 Å². The first-order valence-electron chi connectivity index (χ1n) is 4.48. The normalized spacial score (nSPS) is 11.7. The summed E-state index contributed by atoms with van der Waals surface area (Å²) in [5.74, 6) is 0. The third-order valence-electron chi connectivity index (χ3n) is 1.67. The first-order chi connectivity index (χ1) is 7.14. The lowest BCUT2D eigenvalue weighted by molar-refractivity contribution is 0.595. The van der Waals surface area contributed by atoms with Crippen molar-refractivity contribution in [2.24, 2.45) is 0 Å². The fraction of sp³-hybridized carbons (Fsp3) is 0.0909. The fourth-order valence-electron chi connectivity index (χ4n) is 0.955. The van der Waals surface area contributed by atoms with Crippen LogP contribution in [0.5, 0.6) is 0 Å². The van der Waals surface area contributed by atoms with Gasteiger partial charge in [-0.2, -0.15) is 0 Å². The van der Waals surface area contributed by atoms with Crippen molar-refractivity contribution in [2.45, 2.75) is 0 Å². The van der Waals surface area contributed by atoms with Crippen LogP contribution in [-0.2, 0) is 10.0 Å². The third kappa shape index (κ3) is 4.58. The molecule has 0 aromatic heterocycles. The molecule has 3 nitrogen and oxygen atoms in total. The number of nitrogens with one attached hydrogen (secondary N) is 1. The second kappa shape index (κ2) is 5.48. The molecule has 0 aliphatic rings. The lowest BCUT2D eigenvalue weighted by atomic mass is 10.2. The van der Waals surface area contributed by atoms with Crippen LogP contribution in [0.15, 0.2) is 48.4 Å². The Morgan fingerprint density at radius 2 is 1.93 bits per heavy atom. The van der Waals surface area contributed by atoms with E-state index in [-0.39, 0.29) is 6.54 Å². The van der Waals surface area contributed by atoms with E-state index < -0.39 is 10.0 Å². The summed E-state index contributed by atoms with van der Waals surface area (Å²) in [5, 5.41) is 1.14. The first kappa shape index (κ1) is 11.7. The van der Waals surface area contributed by atoms with Gasteiger partial charge in [-0.1, -0.05) is 36.4 Å². The Morgan fingerprint density at radius 3 is 2.53 bits per heavy atom. The zero-order valence-electron chi connectivity index (χ0n) is 8.26. The van der Waals surface area contributed by atoms with Crippen LogP contribution in [0.4, 0.5) is 0 Å². The molecule has 0 heterocycles. The van der Waals surface area contributed by atoms with Crippen molar-refractivity contribution in [3.63, 3.8) is 0 Å². The fourth-order valence-corrected chi connectivity index (χ4v) is 1.74. The minimum atomic E-state index is -3.34. The number of sulfonamides is 1. The second-order valence-corrected chi connectivity index (χ2v) is 4.55. The van der Waals surface area contributed by atoms with E-state index in [1.54, 1.807) is 6.08 Å². The second-order valence-electron chi connectivity index (χ2n) is 2.90. The van der Waals surface area contributed by atoms with Crippen LogP contribution in [0.1, 0.15) is 5.56 Å². The van der Waals surface area contributed by atoms with E-state index in [1.807, 2.05) is 30.3 Å². The van der Waals surface area contributed by atoms with Crippen LogP contribution in [0.2, 0.25) is 0 Å². The molecule has 0 amide bonds. The van der Waals surface area contributed by atoms with E-state index in [9.17, 15) is 8.42 Å². The molecule has 0 spiro atoms. The van der Waals surface area contributed by atoms with Crippen LogP contribution in [0.25, 0.3) is 6.08 Å².